The van der Waals surface area contributed by atoms with Crippen molar-refractivity contribution in [1.29, 1.82) is 0 Å². The molecule has 4 heteroatoms. The third kappa shape index (κ3) is 4.24. The Bertz CT molecular complexity index is 174. The molecule has 78 valence electrons. The van der Waals surface area contributed by atoms with E-state index >= 15 is 0 Å². The average molecular weight is 189 g/mol. The van der Waals surface area contributed by atoms with Crippen LogP contribution in [0.1, 0.15) is 27.7 Å². The second-order valence-corrected chi connectivity index (χ2v) is 4.33. The zero-order valence-electron chi connectivity index (χ0n) is 8.66. The first-order valence-corrected chi connectivity index (χ1v) is 4.38. The molecule has 0 radical (unpaired) electrons. The van der Waals surface area contributed by atoms with Gasteiger partial charge in [0.05, 0.1) is 6.61 Å². The zero-order chi connectivity index (χ0) is 10.6. The van der Waals surface area contributed by atoms with Crippen molar-refractivity contribution in [3.63, 3.8) is 0 Å². The standard InChI is InChI=1S/C9H19NO3/c1-6(8(12)13)10-7(5-11)9(2,3)4/h6-7,10-11H,5H2,1-4H3,(H,12,13)/t6-,7+/m1/s1. The Labute approximate surface area is 79.0 Å². The molecular formula is C9H19NO3. The quantitative estimate of drug-likeness (QED) is 0.601. The minimum absolute atomic E-state index is 0.0544. The molecule has 0 aromatic rings. The monoisotopic (exact) mass is 189 g/mol. The first kappa shape index (κ1) is 12.4. The van der Waals surface area contributed by atoms with Gasteiger partial charge in [-0.3, -0.25) is 10.1 Å². The molecule has 0 unspecified atom stereocenters. The van der Waals surface area contributed by atoms with Crippen molar-refractivity contribution in [2.75, 3.05) is 6.61 Å². The molecule has 0 saturated heterocycles. The Balaban J connectivity index is 4.22. The Kier molecular flexibility index (Phi) is 4.36. The van der Waals surface area contributed by atoms with E-state index in [-0.39, 0.29) is 18.1 Å². The number of hydrogen-bond donors (Lipinski definition) is 3. The fourth-order valence-corrected chi connectivity index (χ4v) is 0.950. The van der Waals surface area contributed by atoms with Crippen LogP contribution in [0.2, 0.25) is 0 Å². The van der Waals surface area contributed by atoms with Crippen molar-refractivity contribution in [1.82, 2.24) is 5.32 Å². The maximum atomic E-state index is 10.5. The van der Waals surface area contributed by atoms with Gasteiger partial charge in [0.2, 0.25) is 0 Å². The van der Waals surface area contributed by atoms with E-state index in [0.29, 0.717) is 0 Å². The Hall–Kier alpha value is -0.610. The van der Waals surface area contributed by atoms with Gasteiger partial charge in [0.15, 0.2) is 0 Å². The second-order valence-electron chi connectivity index (χ2n) is 4.33. The molecule has 0 fully saturated rings. The second kappa shape index (κ2) is 4.58. The molecule has 0 aliphatic heterocycles. The van der Waals surface area contributed by atoms with E-state index in [0.717, 1.165) is 0 Å². The summed E-state index contributed by atoms with van der Waals surface area (Å²) in [4.78, 5) is 10.5. The minimum atomic E-state index is -0.900. The van der Waals surface area contributed by atoms with Crippen LogP contribution in [0, 0.1) is 5.41 Å². The maximum Gasteiger partial charge on any atom is 0.320 e. The lowest BCUT2D eigenvalue weighted by Crippen LogP contribution is -2.49. The summed E-state index contributed by atoms with van der Waals surface area (Å²) < 4.78 is 0. The van der Waals surface area contributed by atoms with E-state index in [1.165, 1.54) is 0 Å². The Morgan fingerprint density at radius 1 is 1.46 bits per heavy atom. The van der Waals surface area contributed by atoms with Crippen molar-refractivity contribution < 1.29 is 15.0 Å². The molecule has 0 spiro atoms. The highest BCUT2D eigenvalue weighted by atomic mass is 16.4. The highest BCUT2D eigenvalue weighted by molar-refractivity contribution is 5.72. The maximum absolute atomic E-state index is 10.5. The summed E-state index contributed by atoms with van der Waals surface area (Å²) in [6.07, 6.45) is 0. The van der Waals surface area contributed by atoms with Crippen LogP contribution in [0.15, 0.2) is 0 Å². The lowest BCUT2D eigenvalue weighted by Gasteiger charge is -2.31. The number of aliphatic hydroxyl groups is 1. The van der Waals surface area contributed by atoms with E-state index in [4.69, 9.17) is 10.2 Å². The third-order valence-corrected chi connectivity index (χ3v) is 2.05. The van der Waals surface area contributed by atoms with Crippen LogP contribution in [-0.2, 0) is 4.79 Å². The van der Waals surface area contributed by atoms with Gasteiger partial charge in [0, 0.05) is 6.04 Å². The smallest absolute Gasteiger partial charge is 0.320 e. The van der Waals surface area contributed by atoms with Crippen LogP contribution in [0.4, 0.5) is 0 Å². The SMILES string of the molecule is C[C@@H](N[C@@H](CO)C(C)(C)C)C(=O)O. The summed E-state index contributed by atoms with van der Waals surface area (Å²) in [5, 5.41) is 20.5. The van der Waals surface area contributed by atoms with Crippen LogP contribution < -0.4 is 5.32 Å². The van der Waals surface area contributed by atoms with Crippen LogP contribution >= 0.6 is 0 Å². The van der Waals surface area contributed by atoms with E-state index in [2.05, 4.69) is 5.32 Å². The summed E-state index contributed by atoms with van der Waals surface area (Å²) in [5.74, 6) is -0.900. The number of carbonyl (C=O) groups is 1. The number of carboxylic acid groups (broad SMARTS) is 1. The first-order valence-electron chi connectivity index (χ1n) is 4.38. The summed E-state index contributed by atoms with van der Waals surface area (Å²) in [6.45, 7) is 7.37. The molecule has 4 nitrogen and oxygen atoms in total. The van der Waals surface area contributed by atoms with Crippen molar-refractivity contribution in [3.05, 3.63) is 0 Å². The fraction of sp³-hybridized carbons (Fsp3) is 0.889. The van der Waals surface area contributed by atoms with Crippen LogP contribution in [0.25, 0.3) is 0 Å². The van der Waals surface area contributed by atoms with Crippen LogP contribution in [-0.4, -0.2) is 34.9 Å². The molecule has 0 aliphatic carbocycles. The van der Waals surface area contributed by atoms with Gasteiger partial charge in [0.25, 0.3) is 0 Å². The van der Waals surface area contributed by atoms with Gasteiger partial charge in [-0.05, 0) is 12.3 Å². The molecule has 3 N–H and O–H groups in total. The number of carboxylic acids is 1. The highest BCUT2D eigenvalue weighted by Crippen LogP contribution is 2.19. The summed E-state index contributed by atoms with van der Waals surface area (Å²) in [6, 6.07) is -0.824. The highest BCUT2D eigenvalue weighted by Gasteiger charge is 2.26. The molecule has 0 aromatic heterocycles. The topological polar surface area (TPSA) is 69.6 Å². The van der Waals surface area contributed by atoms with Gasteiger partial charge in [-0.2, -0.15) is 0 Å². The van der Waals surface area contributed by atoms with Crippen LogP contribution in [0.3, 0.4) is 0 Å². The normalized spacial score (nSPS) is 16.7. The van der Waals surface area contributed by atoms with Gasteiger partial charge >= 0.3 is 5.97 Å². The molecule has 0 amide bonds. The molecule has 0 saturated carbocycles. The Morgan fingerprint density at radius 2 is 1.92 bits per heavy atom. The molecule has 0 bridgehead atoms. The number of rotatable bonds is 4. The minimum Gasteiger partial charge on any atom is -0.480 e. The van der Waals surface area contributed by atoms with Crippen molar-refractivity contribution in [2.24, 2.45) is 5.41 Å². The number of aliphatic carboxylic acids is 1. The Morgan fingerprint density at radius 3 is 2.15 bits per heavy atom. The fourth-order valence-electron chi connectivity index (χ4n) is 0.950. The zero-order valence-corrected chi connectivity index (χ0v) is 8.66. The lowest BCUT2D eigenvalue weighted by molar-refractivity contribution is -0.139. The summed E-state index contributed by atoms with van der Waals surface area (Å²) in [7, 11) is 0. The summed E-state index contributed by atoms with van der Waals surface area (Å²) in [5.41, 5.74) is -0.140. The molecular weight excluding hydrogens is 170 g/mol. The molecule has 0 aliphatic rings. The predicted octanol–water partition coefficient (Wildman–Crippen LogP) is 0.456. The van der Waals surface area contributed by atoms with E-state index in [9.17, 15) is 4.79 Å². The van der Waals surface area contributed by atoms with Gasteiger partial charge in [-0.1, -0.05) is 20.8 Å². The molecule has 13 heavy (non-hydrogen) atoms. The number of nitrogens with one attached hydrogen (secondary N) is 1. The first-order chi connectivity index (χ1) is 5.79. The van der Waals surface area contributed by atoms with E-state index < -0.39 is 12.0 Å². The van der Waals surface area contributed by atoms with E-state index in [1.807, 2.05) is 20.8 Å². The van der Waals surface area contributed by atoms with Gasteiger partial charge in [0.1, 0.15) is 6.04 Å². The number of aliphatic hydroxyl groups excluding tert-OH is 1. The van der Waals surface area contributed by atoms with Crippen LogP contribution in [0.5, 0.6) is 0 Å². The molecule has 0 aromatic carbocycles. The lowest BCUT2D eigenvalue weighted by atomic mass is 9.87. The van der Waals surface area contributed by atoms with Crippen molar-refractivity contribution in [3.8, 4) is 0 Å². The third-order valence-electron chi connectivity index (χ3n) is 2.05. The average Bonchev–Trinajstić information content (AvgIpc) is 1.96. The summed E-state index contributed by atoms with van der Waals surface area (Å²) >= 11 is 0. The van der Waals surface area contributed by atoms with Crippen molar-refractivity contribution >= 4 is 5.97 Å². The van der Waals surface area contributed by atoms with Gasteiger partial charge < -0.3 is 10.2 Å². The molecule has 0 rings (SSSR count). The van der Waals surface area contributed by atoms with Gasteiger partial charge in [-0.15, -0.1) is 0 Å². The largest absolute Gasteiger partial charge is 0.480 e. The van der Waals surface area contributed by atoms with Crippen molar-refractivity contribution in [2.45, 2.75) is 39.8 Å². The molecule has 2 atom stereocenters. The number of hydrogen-bond acceptors (Lipinski definition) is 3. The van der Waals surface area contributed by atoms with E-state index in [1.54, 1.807) is 6.92 Å². The van der Waals surface area contributed by atoms with Gasteiger partial charge in [-0.25, -0.2) is 0 Å². The molecule has 0 heterocycles. The predicted molar refractivity (Wildman–Crippen MR) is 50.6 cm³/mol.